The lowest BCUT2D eigenvalue weighted by Crippen LogP contribution is -2.34. The highest BCUT2D eigenvalue weighted by molar-refractivity contribution is 6.05. The van der Waals surface area contributed by atoms with E-state index in [1.807, 2.05) is 73.1 Å². The second kappa shape index (κ2) is 7.21. The summed E-state index contributed by atoms with van der Waals surface area (Å²) in [7, 11) is 1.87. The smallest absolute Gasteiger partial charge is 0.340 e. The van der Waals surface area contributed by atoms with E-state index in [2.05, 4.69) is 0 Å². The van der Waals surface area contributed by atoms with Crippen LogP contribution in [0.15, 0.2) is 60.8 Å². The monoisotopic (exact) mass is 336 g/mol. The third-order valence-electron chi connectivity index (χ3n) is 4.13. The van der Waals surface area contributed by atoms with Crippen LogP contribution in [0.4, 0.5) is 5.69 Å². The largest absolute Gasteiger partial charge is 0.452 e. The molecule has 0 bridgehead atoms. The number of aromatic nitrogens is 1. The zero-order valence-electron chi connectivity index (χ0n) is 14.3. The predicted molar refractivity (Wildman–Crippen MR) is 97.7 cm³/mol. The first-order chi connectivity index (χ1) is 12.1. The zero-order valence-corrected chi connectivity index (χ0v) is 14.3. The molecule has 2 aromatic carbocycles. The van der Waals surface area contributed by atoms with Gasteiger partial charge >= 0.3 is 5.97 Å². The van der Waals surface area contributed by atoms with Crippen LogP contribution in [-0.4, -0.2) is 29.6 Å². The van der Waals surface area contributed by atoms with Crippen LogP contribution in [0.3, 0.4) is 0 Å². The summed E-state index contributed by atoms with van der Waals surface area (Å²) in [6, 6.07) is 16.9. The van der Waals surface area contributed by atoms with E-state index in [0.29, 0.717) is 12.1 Å². The average Bonchev–Trinajstić information content (AvgIpc) is 2.98. The maximum Gasteiger partial charge on any atom is 0.340 e. The van der Waals surface area contributed by atoms with Gasteiger partial charge < -0.3 is 14.2 Å². The molecule has 0 aliphatic rings. The third kappa shape index (κ3) is 3.40. The summed E-state index contributed by atoms with van der Waals surface area (Å²) < 4.78 is 7.14. The van der Waals surface area contributed by atoms with Gasteiger partial charge in [0.1, 0.15) is 0 Å². The van der Waals surface area contributed by atoms with Gasteiger partial charge in [-0.05, 0) is 25.1 Å². The highest BCUT2D eigenvalue weighted by Gasteiger charge is 2.19. The average molecular weight is 336 g/mol. The van der Waals surface area contributed by atoms with Gasteiger partial charge in [-0.3, -0.25) is 4.79 Å². The van der Waals surface area contributed by atoms with Gasteiger partial charge in [-0.15, -0.1) is 0 Å². The summed E-state index contributed by atoms with van der Waals surface area (Å²) in [4.78, 5) is 26.4. The molecule has 0 radical (unpaired) electrons. The van der Waals surface area contributed by atoms with Crippen molar-refractivity contribution in [3.8, 4) is 0 Å². The molecule has 5 nitrogen and oxygen atoms in total. The molecular weight excluding hydrogens is 316 g/mol. The minimum absolute atomic E-state index is 0.248. The van der Waals surface area contributed by atoms with Crippen molar-refractivity contribution in [1.29, 1.82) is 0 Å². The molecule has 0 N–H and O–H groups in total. The maximum absolute atomic E-state index is 12.4. The molecule has 0 aliphatic carbocycles. The lowest BCUT2D eigenvalue weighted by atomic mass is 10.2. The van der Waals surface area contributed by atoms with Gasteiger partial charge in [-0.25, -0.2) is 4.79 Å². The van der Waals surface area contributed by atoms with Crippen LogP contribution in [0.1, 0.15) is 17.3 Å². The number of carbonyl (C=O) groups is 2. The van der Waals surface area contributed by atoms with E-state index in [4.69, 9.17) is 4.74 Å². The number of amides is 1. The second-order valence-electron chi connectivity index (χ2n) is 5.72. The van der Waals surface area contributed by atoms with Gasteiger partial charge in [0.25, 0.3) is 5.91 Å². The Morgan fingerprint density at radius 2 is 1.72 bits per heavy atom. The van der Waals surface area contributed by atoms with Crippen molar-refractivity contribution in [2.45, 2.75) is 6.92 Å². The third-order valence-corrected chi connectivity index (χ3v) is 4.13. The SMILES string of the molecule is CCN(C(=O)COC(=O)c1cn(C)c2ccccc12)c1ccccc1. The molecule has 0 saturated heterocycles. The fourth-order valence-corrected chi connectivity index (χ4v) is 2.90. The number of benzene rings is 2. The molecule has 0 aliphatic heterocycles. The quantitative estimate of drug-likeness (QED) is 0.671. The van der Waals surface area contributed by atoms with E-state index >= 15 is 0 Å². The molecule has 1 aromatic heterocycles. The Balaban J connectivity index is 1.72. The van der Waals surface area contributed by atoms with Crippen LogP contribution in [0.25, 0.3) is 10.9 Å². The van der Waals surface area contributed by atoms with E-state index in [1.54, 1.807) is 11.1 Å². The molecule has 3 rings (SSSR count). The topological polar surface area (TPSA) is 51.5 Å². The van der Waals surface area contributed by atoms with E-state index in [9.17, 15) is 9.59 Å². The number of anilines is 1. The van der Waals surface area contributed by atoms with Gasteiger partial charge in [-0.2, -0.15) is 0 Å². The Bertz CT molecular complexity index is 900. The molecule has 0 fully saturated rings. The van der Waals surface area contributed by atoms with Crippen molar-refractivity contribution in [2.75, 3.05) is 18.1 Å². The van der Waals surface area contributed by atoms with Crippen molar-refractivity contribution >= 4 is 28.5 Å². The summed E-state index contributed by atoms with van der Waals surface area (Å²) in [6.45, 7) is 2.11. The Labute approximate surface area is 146 Å². The van der Waals surface area contributed by atoms with Crippen molar-refractivity contribution in [1.82, 2.24) is 4.57 Å². The number of fused-ring (bicyclic) bond motifs is 1. The van der Waals surface area contributed by atoms with Crippen LogP contribution < -0.4 is 4.90 Å². The highest BCUT2D eigenvalue weighted by Crippen LogP contribution is 2.21. The van der Waals surface area contributed by atoms with Crippen molar-refractivity contribution < 1.29 is 14.3 Å². The van der Waals surface area contributed by atoms with E-state index in [1.165, 1.54) is 0 Å². The minimum atomic E-state index is -0.491. The molecule has 3 aromatic rings. The molecule has 0 spiro atoms. The summed E-state index contributed by atoms with van der Waals surface area (Å²) in [5, 5.41) is 0.817. The van der Waals surface area contributed by atoms with Crippen LogP contribution in [0.5, 0.6) is 0 Å². The Morgan fingerprint density at radius 1 is 1.04 bits per heavy atom. The summed E-state index contributed by atoms with van der Waals surface area (Å²) in [5.41, 5.74) is 2.20. The number of esters is 1. The van der Waals surface area contributed by atoms with Gasteiger partial charge in [0.05, 0.1) is 5.56 Å². The Hall–Kier alpha value is -3.08. The molecule has 1 amide bonds. The van der Waals surface area contributed by atoms with E-state index in [-0.39, 0.29) is 12.5 Å². The lowest BCUT2D eigenvalue weighted by Gasteiger charge is -2.20. The first kappa shape index (κ1) is 16.8. The molecule has 0 saturated carbocycles. The Morgan fingerprint density at radius 3 is 2.44 bits per heavy atom. The molecule has 0 atom stereocenters. The number of hydrogen-bond donors (Lipinski definition) is 0. The fraction of sp³-hybridized carbons (Fsp3) is 0.200. The number of nitrogens with zero attached hydrogens (tertiary/aromatic N) is 2. The first-order valence-electron chi connectivity index (χ1n) is 8.18. The first-order valence-corrected chi connectivity index (χ1v) is 8.18. The van der Waals surface area contributed by atoms with Crippen molar-refractivity contribution in [3.05, 3.63) is 66.4 Å². The predicted octanol–water partition coefficient (Wildman–Crippen LogP) is 3.39. The summed E-state index contributed by atoms with van der Waals surface area (Å²) >= 11 is 0. The Kier molecular flexibility index (Phi) is 4.84. The van der Waals surface area contributed by atoms with Crippen LogP contribution >= 0.6 is 0 Å². The van der Waals surface area contributed by atoms with Crippen molar-refractivity contribution in [2.24, 2.45) is 7.05 Å². The standard InChI is InChI=1S/C20H20N2O3/c1-3-22(15-9-5-4-6-10-15)19(23)14-25-20(24)17-13-21(2)18-12-8-7-11-16(17)18/h4-13H,3,14H2,1-2H3. The molecule has 25 heavy (non-hydrogen) atoms. The molecule has 1 heterocycles. The summed E-state index contributed by atoms with van der Waals surface area (Å²) in [5.74, 6) is -0.739. The maximum atomic E-state index is 12.4. The molecular formula is C20H20N2O3. The fourth-order valence-electron chi connectivity index (χ4n) is 2.90. The second-order valence-corrected chi connectivity index (χ2v) is 5.72. The van der Waals surface area contributed by atoms with E-state index < -0.39 is 5.97 Å². The van der Waals surface area contributed by atoms with E-state index in [0.717, 1.165) is 16.6 Å². The van der Waals surface area contributed by atoms with Gasteiger partial charge in [0.2, 0.25) is 0 Å². The number of aryl methyl sites for hydroxylation is 1. The zero-order chi connectivity index (χ0) is 17.8. The number of ether oxygens (including phenoxy) is 1. The molecule has 128 valence electrons. The number of carbonyl (C=O) groups excluding carboxylic acids is 2. The lowest BCUT2D eigenvalue weighted by molar-refractivity contribution is -0.121. The highest BCUT2D eigenvalue weighted by atomic mass is 16.5. The van der Waals surface area contributed by atoms with Gasteiger partial charge in [-0.1, -0.05) is 36.4 Å². The number of rotatable bonds is 5. The molecule has 5 heteroatoms. The minimum Gasteiger partial charge on any atom is -0.452 e. The number of likely N-dealkylation sites (N-methyl/N-ethyl adjacent to an activating group) is 1. The van der Waals surface area contributed by atoms with Crippen molar-refractivity contribution in [3.63, 3.8) is 0 Å². The van der Waals surface area contributed by atoms with Crippen LogP contribution in [0, 0.1) is 0 Å². The number of hydrogen-bond acceptors (Lipinski definition) is 3. The molecule has 0 unspecified atom stereocenters. The van der Waals surface area contributed by atoms with Crippen LogP contribution in [-0.2, 0) is 16.6 Å². The normalized spacial score (nSPS) is 10.6. The van der Waals surface area contributed by atoms with Gasteiger partial charge in [0.15, 0.2) is 6.61 Å². The van der Waals surface area contributed by atoms with Gasteiger partial charge in [0, 0.05) is 36.4 Å². The summed E-state index contributed by atoms with van der Waals surface area (Å²) in [6.07, 6.45) is 1.73. The van der Waals surface area contributed by atoms with Crippen LogP contribution in [0.2, 0.25) is 0 Å². The number of para-hydroxylation sites is 2.